The molecular formula is C23H46O3Sn. The SMILES string of the molecule is CCC[CH2][Sn](/[CH]=C/[C@@H](C)[C@H](O)CC1C[C@@H](O)[C@@H](O)C1)([CH2]CCC)[CH2]CCC. The molecule has 0 aromatic rings. The summed E-state index contributed by atoms with van der Waals surface area (Å²) in [5.74, 6) is 0.412. The number of hydrogen-bond donors (Lipinski definition) is 3. The van der Waals surface area contributed by atoms with E-state index in [-0.39, 0.29) is 17.9 Å². The summed E-state index contributed by atoms with van der Waals surface area (Å²) in [6, 6.07) is 0. The molecule has 0 saturated heterocycles. The summed E-state index contributed by atoms with van der Waals surface area (Å²) in [4.78, 5) is 0. The average molecular weight is 489 g/mol. The van der Waals surface area contributed by atoms with Gasteiger partial charge in [-0.15, -0.1) is 0 Å². The molecule has 4 heteroatoms. The van der Waals surface area contributed by atoms with Gasteiger partial charge in [0.1, 0.15) is 0 Å². The Balaban J connectivity index is 2.72. The van der Waals surface area contributed by atoms with Crippen molar-refractivity contribution in [1.29, 1.82) is 0 Å². The molecule has 0 bridgehead atoms. The van der Waals surface area contributed by atoms with Crippen LogP contribution in [0.1, 0.15) is 85.5 Å². The number of aliphatic hydroxyl groups is 3. The first-order valence-electron chi connectivity index (χ1n) is 11.6. The topological polar surface area (TPSA) is 60.7 Å². The fraction of sp³-hybridized carbons (Fsp3) is 0.913. The third kappa shape index (κ3) is 9.18. The van der Waals surface area contributed by atoms with Crippen molar-refractivity contribution in [3.63, 3.8) is 0 Å². The van der Waals surface area contributed by atoms with E-state index >= 15 is 0 Å². The van der Waals surface area contributed by atoms with Gasteiger partial charge in [0.05, 0.1) is 0 Å². The maximum atomic E-state index is 10.7. The first-order chi connectivity index (χ1) is 12.9. The van der Waals surface area contributed by atoms with E-state index in [4.69, 9.17) is 0 Å². The van der Waals surface area contributed by atoms with Gasteiger partial charge < -0.3 is 0 Å². The van der Waals surface area contributed by atoms with Gasteiger partial charge in [-0.05, 0) is 0 Å². The van der Waals surface area contributed by atoms with E-state index in [2.05, 4.69) is 37.9 Å². The Bertz CT molecular complexity index is 381. The van der Waals surface area contributed by atoms with Gasteiger partial charge in [-0.3, -0.25) is 0 Å². The molecule has 0 spiro atoms. The fourth-order valence-electron chi connectivity index (χ4n) is 4.54. The van der Waals surface area contributed by atoms with Crippen molar-refractivity contribution in [1.82, 2.24) is 0 Å². The summed E-state index contributed by atoms with van der Waals surface area (Å²) in [5.41, 5.74) is 0. The Kier molecular flexibility index (Phi) is 12.8. The standard InChI is InChI=1S/C11H19O3.3C4H9.Sn/c1-3-7(2)9(12)4-8-5-10(13)11(14)6-8;3*1-3-4-2;/h1,3,7-14H,4-6H2,2H3;3*1,3-4H2,2H3;/t7-,8?,9-,10-,11+;;;;/m1..../s1. The normalized spacial score (nSPS) is 26.0. The zero-order valence-corrected chi connectivity index (χ0v) is 21.2. The molecule has 0 aliphatic heterocycles. The molecule has 0 radical (unpaired) electrons. The zero-order chi connectivity index (χ0) is 20.3. The van der Waals surface area contributed by atoms with Crippen LogP contribution in [0.2, 0.25) is 13.3 Å². The monoisotopic (exact) mass is 490 g/mol. The molecule has 0 heterocycles. The predicted molar refractivity (Wildman–Crippen MR) is 119 cm³/mol. The van der Waals surface area contributed by atoms with E-state index in [1.807, 2.05) is 0 Å². The molecule has 0 aromatic carbocycles. The van der Waals surface area contributed by atoms with Crippen LogP contribution in [0.5, 0.6) is 0 Å². The second kappa shape index (κ2) is 13.6. The maximum absolute atomic E-state index is 10.7. The summed E-state index contributed by atoms with van der Waals surface area (Å²) >= 11 is -2.27. The molecule has 1 unspecified atom stereocenters. The number of aliphatic hydroxyl groups excluding tert-OH is 3. The van der Waals surface area contributed by atoms with Crippen LogP contribution in [0.4, 0.5) is 0 Å². The molecule has 27 heavy (non-hydrogen) atoms. The quantitative estimate of drug-likeness (QED) is 0.285. The molecule has 1 aliphatic carbocycles. The summed E-state index contributed by atoms with van der Waals surface area (Å²) in [5, 5.41) is 30.2. The molecule has 1 aliphatic rings. The van der Waals surface area contributed by atoms with E-state index in [9.17, 15) is 15.3 Å². The van der Waals surface area contributed by atoms with Crippen LogP contribution in [-0.2, 0) is 0 Å². The molecule has 0 aromatic heterocycles. The van der Waals surface area contributed by atoms with Crippen molar-refractivity contribution in [3.05, 3.63) is 10.2 Å². The van der Waals surface area contributed by atoms with Crippen molar-refractivity contribution in [2.24, 2.45) is 11.8 Å². The van der Waals surface area contributed by atoms with Crippen LogP contribution in [0, 0.1) is 11.8 Å². The molecule has 3 nitrogen and oxygen atoms in total. The molecule has 0 amide bonds. The van der Waals surface area contributed by atoms with Crippen molar-refractivity contribution in [2.45, 2.75) is 117 Å². The number of hydrogen-bond acceptors (Lipinski definition) is 3. The molecule has 1 rings (SSSR count). The van der Waals surface area contributed by atoms with Gasteiger partial charge in [-0.25, -0.2) is 0 Å². The predicted octanol–water partition coefficient (Wildman–Crippen LogP) is 5.45. The van der Waals surface area contributed by atoms with Gasteiger partial charge >= 0.3 is 173 Å². The molecule has 1 saturated carbocycles. The second-order valence-corrected chi connectivity index (χ2v) is 22.2. The Morgan fingerprint density at radius 2 is 1.33 bits per heavy atom. The van der Waals surface area contributed by atoms with Gasteiger partial charge in [0.25, 0.3) is 0 Å². The van der Waals surface area contributed by atoms with Gasteiger partial charge in [0.2, 0.25) is 0 Å². The minimum absolute atomic E-state index is 0.167. The van der Waals surface area contributed by atoms with Gasteiger partial charge in [0, 0.05) is 0 Å². The molecule has 3 N–H and O–H groups in total. The van der Waals surface area contributed by atoms with Crippen molar-refractivity contribution in [3.8, 4) is 0 Å². The zero-order valence-electron chi connectivity index (χ0n) is 18.4. The number of unbranched alkanes of at least 4 members (excludes halogenated alkanes) is 3. The third-order valence-electron chi connectivity index (χ3n) is 6.61. The van der Waals surface area contributed by atoms with E-state index in [1.165, 1.54) is 51.8 Å². The molecule has 1 fully saturated rings. The summed E-state index contributed by atoms with van der Waals surface area (Å²) in [6.07, 6.45) is 10.7. The van der Waals surface area contributed by atoms with Crippen molar-refractivity contribution >= 4 is 18.4 Å². The van der Waals surface area contributed by atoms with Gasteiger partial charge in [-0.1, -0.05) is 0 Å². The van der Waals surface area contributed by atoms with Gasteiger partial charge in [-0.2, -0.15) is 0 Å². The third-order valence-corrected chi connectivity index (χ3v) is 20.7. The molecule has 5 atom stereocenters. The van der Waals surface area contributed by atoms with Crippen LogP contribution in [0.15, 0.2) is 10.2 Å². The van der Waals surface area contributed by atoms with E-state index in [0.29, 0.717) is 19.3 Å². The van der Waals surface area contributed by atoms with Crippen LogP contribution in [0.3, 0.4) is 0 Å². The van der Waals surface area contributed by atoms with Crippen molar-refractivity contribution in [2.75, 3.05) is 0 Å². The fourth-order valence-corrected chi connectivity index (χ4v) is 19.2. The minimum atomic E-state index is -2.27. The van der Waals surface area contributed by atoms with E-state index < -0.39 is 30.6 Å². The Morgan fingerprint density at radius 1 is 0.889 bits per heavy atom. The number of rotatable bonds is 14. The second-order valence-electron chi connectivity index (χ2n) is 9.17. The Hall–Kier alpha value is 0.419. The molecular weight excluding hydrogens is 443 g/mol. The Labute approximate surface area is 172 Å². The summed E-state index contributed by atoms with van der Waals surface area (Å²) < 4.78 is 7.05. The summed E-state index contributed by atoms with van der Waals surface area (Å²) in [7, 11) is 0. The van der Waals surface area contributed by atoms with Crippen molar-refractivity contribution < 1.29 is 15.3 Å². The van der Waals surface area contributed by atoms with Gasteiger partial charge in [0.15, 0.2) is 0 Å². The first kappa shape index (κ1) is 25.5. The van der Waals surface area contributed by atoms with Crippen LogP contribution in [0.25, 0.3) is 0 Å². The Morgan fingerprint density at radius 3 is 1.74 bits per heavy atom. The average Bonchev–Trinajstić information content (AvgIpc) is 2.97. The van der Waals surface area contributed by atoms with Crippen LogP contribution >= 0.6 is 0 Å². The van der Waals surface area contributed by atoms with Crippen LogP contribution in [-0.4, -0.2) is 52.0 Å². The summed E-state index contributed by atoms with van der Waals surface area (Å²) in [6.45, 7) is 9.05. The van der Waals surface area contributed by atoms with E-state index in [0.717, 1.165) is 0 Å². The van der Waals surface area contributed by atoms with E-state index in [1.54, 1.807) is 0 Å². The van der Waals surface area contributed by atoms with Crippen LogP contribution < -0.4 is 0 Å². The first-order valence-corrected chi connectivity index (χ1v) is 19.3. The molecule has 160 valence electrons.